The maximum atomic E-state index is 12.2. The summed E-state index contributed by atoms with van der Waals surface area (Å²) in [4.78, 5) is 23.4. The van der Waals surface area contributed by atoms with Crippen molar-refractivity contribution in [3.05, 3.63) is 70.2 Å². The number of carbonyl (C=O) groups is 2. The van der Waals surface area contributed by atoms with E-state index in [0.29, 0.717) is 23.6 Å². The summed E-state index contributed by atoms with van der Waals surface area (Å²) in [6.07, 6.45) is 2.80. The van der Waals surface area contributed by atoms with Crippen LogP contribution in [0.15, 0.2) is 48.5 Å². The van der Waals surface area contributed by atoms with Crippen LogP contribution in [0.25, 0.3) is 0 Å². The molecule has 3 rings (SSSR count). The van der Waals surface area contributed by atoms with E-state index in [-0.39, 0.29) is 23.3 Å². The van der Waals surface area contributed by atoms with Crippen molar-refractivity contribution in [2.45, 2.75) is 31.1 Å². The maximum Gasteiger partial charge on any atom is 0.335 e. The van der Waals surface area contributed by atoms with Crippen molar-refractivity contribution in [1.82, 2.24) is 5.32 Å². The third-order valence-electron chi connectivity index (χ3n) is 4.80. The van der Waals surface area contributed by atoms with Crippen LogP contribution in [0.4, 0.5) is 0 Å². The van der Waals surface area contributed by atoms with Crippen LogP contribution in [0.5, 0.6) is 0 Å². The minimum atomic E-state index is -0.962. The number of carbonyl (C=O) groups excluding carboxylic acids is 1. The Morgan fingerprint density at radius 2 is 1.76 bits per heavy atom. The Kier molecular flexibility index (Phi) is 5.09. The number of benzene rings is 2. The molecule has 1 fully saturated rings. The van der Waals surface area contributed by atoms with Crippen molar-refractivity contribution in [2.75, 3.05) is 6.54 Å². The molecule has 0 aromatic heterocycles. The quantitative estimate of drug-likeness (QED) is 0.791. The van der Waals surface area contributed by atoms with Crippen molar-refractivity contribution in [3.8, 4) is 0 Å². The van der Waals surface area contributed by atoms with E-state index in [9.17, 15) is 14.7 Å². The Labute approximate surface area is 151 Å². The SMILES string of the molecule is O=C(CCc1ccccc1C(=O)O)NCC1(c2ccc(Cl)cc2)CC1. The number of halogens is 1. The molecule has 2 aromatic carbocycles. The van der Waals surface area contributed by atoms with Crippen LogP contribution in [0.2, 0.25) is 5.02 Å². The molecule has 1 amide bonds. The minimum absolute atomic E-state index is 0.0270. The second kappa shape index (κ2) is 7.28. The second-order valence-corrected chi connectivity index (χ2v) is 6.96. The summed E-state index contributed by atoms with van der Waals surface area (Å²) in [5, 5.41) is 12.9. The van der Waals surface area contributed by atoms with Gasteiger partial charge in [-0.25, -0.2) is 4.79 Å². The number of hydrogen-bond acceptors (Lipinski definition) is 2. The third-order valence-corrected chi connectivity index (χ3v) is 5.06. The molecule has 1 saturated carbocycles. The van der Waals surface area contributed by atoms with E-state index in [0.717, 1.165) is 12.8 Å². The molecule has 2 N–H and O–H groups in total. The van der Waals surface area contributed by atoms with Crippen LogP contribution in [-0.4, -0.2) is 23.5 Å². The monoisotopic (exact) mass is 357 g/mol. The molecule has 0 spiro atoms. The number of nitrogens with one attached hydrogen (secondary N) is 1. The summed E-state index contributed by atoms with van der Waals surface area (Å²) in [6.45, 7) is 0.605. The standard InChI is InChI=1S/C20H20ClNO3/c21-16-8-6-15(7-9-16)20(11-12-20)13-22-18(23)10-5-14-3-1-2-4-17(14)19(24)25/h1-4,6-9H,5,10-13H2,(H,22,23)(H,24,25). The predicted octanol–water partition coefficient (Wildman–Crippen LogP) is 3.82. The van der Waals surface area contributed by atoms with Gasteiger partial charge in [-0.1, -0.05) is 41.9 Å². The lowest BCUT2D eigenvalue weighted by molar-refractivity contribution is -0.121. The topological polar surface area (TPSA) is 66.4 Å². The van der Waals surface area contributed by atoms with Crippen molar-refractivity contribution >= 4 is 23.5 Å². The largest absolute Gasteiger partial charge is 0.478 e. The fourth-order valence-corrected chi connectivity index (χ4v) is 3.20. The van der Waals surface area contributed by atoms with Gasteiger partial charge >= 0.3 is 5.97 Å². The average Bonchev–Trinajstić information content (AvgIpc) is 3.40. The van der Waals surface area contributed by atoms with Crippen LogP contribution in [0, 0.1) is 0 Å². The van der Waals surface area contributed by atoms with Crippen LogP contribution in [-0.2, 0) is 16.6 Å². The summed E-state index contributed by atoms with van der Waals surface area (Å²) in [5.41, 5.74) is 2.17. The van der Waals surface area contributed by atoms with Crippen molar-refractivity contribution in [3.63, 3.8) is 0 Å². The fraction of sp³-hybridized carbons (Fsp3) is 0.300. The Balaban J connectivity index is 1.54. The van der Waals surface area contributed by atoms with E-state index in [4.69, 9.17) is 11.6 Å². The molecule has 1 aliphatic carbocycles. The van der Waals surface area contributed by atoms with Crippen LogP contribution < -0.4 is 5.32 Å². The molecule has 0 radical (unpaired) electrons. The number of amides is 1. The summed E-state index contributed by atoms with van der Waals surface area (Å²) in [6, 6.07) is 14.6. The molecule has 2 aromatic rings. The minimum Gasteiger partial charge on any atom is -0.478 e. The van der Waals surface area contributed by atoms with Crippen LogP contribution in [0.1, 0.15) is 40.7 Å². The van der Waals surface area contributed by atoms with Gasteiger partial charge < -0.3 is 10.4 Å². The van der Waals surface area contributed by atoms with E-state index < -0.39 is 5.97 Å². The molecule has 0 bridgehead atoms. The molecular formula is C20H20ClNO3. The van der Waals surface area contributed by atoms with Crippen LogP contribution >= 0.6 is 11.6 Å². The zero-order valence-electron chi connectivity index (χ0n) is 13.8. The highest BCUT2D eigenvalue weighted by atomic mass is 35.5. The predicted molar refractivity (Wildman–Crippen MR) is 97.1 cm³/mol. The first-order valence-electron chi connectivity index (χ1n) is 8.34. The molecule has 130 valence electrons. The Bertz CT molecular complexity index is 782. The fourth-order valence-electron chi connectivity index (χ4n) is 3.07. The molecule has 4 nitrogen and oxygen atoms in total. The summed E-state index contributed by atoms with van der Waals surface area (Å²) in [7, 11) is 0. The number of rotatable bonds is 7. The lowest BCUT2D eigenvalue weighted by Crippen LogP contribution is -2.32. The van der Waals surface area contributed by atoms with E-state index in [2.05, 4.69) is 5.32 Å². The summed E-state index contributed by atoms with van der Waals surface area (Å²) in [5.74, 6) is -1.02. The van der Waals surface area contributed by atoms with Crippen molar-refractivity contribution < 1.29 is 14.7 Å². The highest BCUT2D eigenvalue weighted by Crippen LogP contribution is 2.47. The number of carboxylic acid groups (broad SMARTS) is 1. The molecule has 0 unspecified atom stereocenters. The lowest BCUT2D eigenvalue weighted by Gasteiger charge is -2.17. The number of hydrogen-bond donors (Lipinski definition) is 2. The highest BCUT2D eigenvalue weighted by Gasteiger charge is 2.44. The molecule has 0 atom stereocenters. The molecular weight excluding hydrogens is 338 g/mol. The Morgan fingerprint density at radius 3 is 2.40 bits per heavy atom. The number of aryl methyl sites for hydroxylation is 1. The zero-order chi connectivity index (χ0) is 17.9. The molecule has 1 aliphatic rings. The number of carboxylic acids is 1. The first-order chi connectivity index (χ1) is 12.0. The van der Waals surface area contributed by atoms with Gasteiger partial charge in [0.05, 0.1) is 5.56 Å². The van der Waals surface area contributed by atoms with Gasteiger partial charge in [-0.15, -0.1) is 0 Å². The van der Waals surface area contributed by atoms with Crippen molar-refractivity contribution in [2.24, 2.45) is 0 Å². The van der Waals surface area contributed by atoms with E-state index in [1.807, 2.05) is 24.3 Å². The van der Waals surface area contributed by atoms with Crippen LogP contribution in [0.3, 0.4) is 0 Å². The van der Waals surface area contributed by atoms with E-state index in [1.54, 1.807) is 24.3 Å². The third kappa shape index (κ3) is 4.20. The first kappa shape index (κ1) is 17.5. The van der Waals surface area contributed by atoms with E-state index in [1.165, 1.54) is 5.56 Å². The molecule has 5 heteroatoms. The lowest BCUT2D eigenvalue weighted by atomic mass is 9.96. The van der Waals surface area contributed by atoms with Crippen molar-refractivity contribution in [1.29, 1.82) is 0 Å². The summed E-state index contributed by atoms with van der Waals surface area (Å²) >= 11 is 5.93. The number of aromatic carboxylic acids is 1. The first-order valence-corrected chi connectivity index (χ1v) is 8.72. The Hall–Kier alpha value is -2.33. The highest BCUT2D eigenvalue weighted by molar-refractivity contribution is 6.30. The van der Waals surface area contributed by atoms with Gasteiger partial charge in [0.2, 0.25) is 5.91 Å². The van der Waals surface area contributed by atoms with Gasteiger partial charge in [0.25, 0.3) is 0 Å². The van der Waals surface area contributed by atoms with Gasteiger partial charge in [0.1, 0.15) is 0 Å². The molecule has 0 heterocycles. The zero-order valence-corrected chi connectivity index (χ0v) is 14.6. The normalized spacial score (nSPS) is 14.8. The van der Waals surface area contributed by atoms with Gasteiger partial charge in [0, 0.05) is 23.4 Å². The average molecular weight is 358 g/mol. The molecule has 0 aliphatic heterocycles. The van der Waals surface area contributed by atoms with Gasteiger partial charge in [0.15, 0.2) is 0 Å². The smallest absolute Gasteiger partial charge is 0.335 e. The molecule has 25 heavy (non-hydrogen) atoms. The summed E-state index contributed by atoms with van der Waals surface area (Å²) < 4.78 is 0. The van der Waals surface area contributed by atoms with Gasteiger partial charge in [-0.05, 0) is 48.6 Å². The molecule has 0 saturated heterocycles. The second-order valence-electron chi connectivity index (χ2n) is 6.53. The van der Waals surface area contributed by atoms with Gasteiger partial charge in [-0.2, -0.15) is 0 Å². The Morgan fingerprint density at radius 1 is 1.08 bits per heavy atom. The maximum absolute atomic E-state index is 12.2. The van der Waals surface area contributed by atoms with E-state index >= 15 is 0 Å². The van der Waals surface area contributed by atoms with Gasteiger partial charge in [-0.3, -0.25) is 4.79 Å².